The number of hydrogen-bond acceptors (Lipinski definition) is 6. The number of allylic oxidation sites excluding steroid dienone is 14. The molecule has 1 N–H and O–H groups in total. The molecule has 0 fully saturated rings. The average molecular weight is 825 g/mol. The molecule has 0 aliphatic heterocycles. The van der Waals surface area contributed by atoms with Crippen LogP contribution < -0.4 is 0 Å². The lowest BCUT2D eigenvalue weighted by Crippen LogP contribution is -2.50. The normalized spacial score (nSPS) is 13.7. The molecule has 8 nitrogen and oxygen atoms in total. The Morgan fingerprint density at radius 2 is 0.983 bits per heavy atom. The van der Waals surface area contributed by atoms with E-state index in [9.17, 15) is 19.5 Å². The molecule has 2 atom stereocenters. The number of carboxylic acids is 1. The van der Waals surface area contributed by atoms with Crippen LogP contribution in [0, 0.1) is 0 Å². The second kappa shape index (κ2) is 41.3. The average Bonchev–Trinajstić information content (AvgIpc) is 3.19. The second-order valence-corrected chi connectivity index (χ2v) is 16.3. The van der Waals surface area contributed by atoms with Crippen LogP contribution in [-0.4, -0.2) is 80.6 Å². The first-order chi connectivity index (χ1) is 28.6. The minimum Gasteiger partial charge on any atom is -0.477 e. The molecular formula is C51H86NO7+. The van der Waals surface area contributed by atoms with E-state index in [1.807, 2.05) is 33.3 Å². The fourth-order valence-electron chi connectivity index (χ4n) is 6.23. The maximum Gasteiger partial charge on any atom is 0.362 e. The van der Waals surface area contributed by atoms with Crippen LogP contribution >= 0.6 is 0 Å². The Hall–Kier alpha value is -3.49. The molecule has 0 aromatic rings. The highest BCUT2D eigenvalue weighted by Crippen LogP contribution is 2.13. The Bertz CT molecular complexity index is 1240. The van der Waals surface area contributed by atoms with Crippen LogP contribution in [0.1, 0.15) is 168 Å². The van der Waals surface area contributed by atoms with Gasteiger partial charge in [-0.15, -0.1) is 0 Å². The molecule has 0 aliphatic carbocycles. The van der Waals surface area contributed by atoms with Crippen molar-refractivity contribution in [2.75, 3.05) is 41.0 Å². The SMILES string of the molecule is CC/C=C/C/C=C/C/C=C/C/C=C/C/C=C/C/C=C/CCC(=O)OCC(COCCC(C(=O)O)[N+](C)(C)C)OC(=O)CCCCCCC/C=C/CCCCCCCCC. The fraction of sp³-hybridized carbons (Fsp3) is 0.667. The van der Waals surface area contributed by atoms with Gasteiger partial charge in [0.05, 0.1) is 34.4 Å². The summed E-state index contributed by atoms with van der Waals surface area (Å²) in [6.45, 7) is 4.52. The third-order valence-corrected chi connectivity index (χ3v) is 9.79. The van der Waals surface area contributed by atoms with E-state index >= 15 is 0 Å². The Kier molecular flexibility index (Phi) is 38.8. The summed E-state index contributed by atoms with van der Waals surface area (Å²) in [6.07, 6.45) is 53.5. The van der Waals surface area contributed by atoms with E-state index in [1.165, 1.54) is 57.8 Å². The van der Waals surface area contributed by atoms with Gasteiger partial charge in [0.2, 0.25) is 0 Å². The number of carboxylic acid groups (broad SMARTS) is 1. The van der Waals surface area contributed by atoms with Gasteiger partial charge in [-0.1, -0.05) is 157 Å². The summed E-state index contributed by atoms with van der Waals surface area (Å²) in [7, 11) is 5.50. The summed E-state index contributed by atoms with van der Waals surface area (Å²) in [5.74, 6) is -1.59. The van der Waals surface area contributed by atoms with Crippen LogP contribution in [0.2, 0.25) is 0 Å². The molecular weight excluding hydrogens is 739 g/mol. The number of unbranched alkanes of at least 4 members (excludes halogenated alkanes) is 12. The van der Waals surface area contributed by atoms with E-state index in [4.69, 9.17) is 14.2 Å². The monoisotopic (exact) mass is 825 g/mol. The number of nitrogens with zero attached hydrogens (tertiary/aromatic N) is 1. The zero-order valence-corrected chi connectivity index (χ0v) is 38.2. The number of carbonyl (C=O) groups excluding carboxylic acids is 2. The van der Waals surface area contributed by atoms with Crippen molar-refractivity contribution < 1.29 is 38.2 Å². The first kappa shape index (κ1) is 55.5. The van der Waals surface area contributed by atoms with Gasteiger partial charge in [0.1, 0.15) is 6.61 Å². The Morgan fingerprint density at radius 3 is 1.47 bits per heavy atom. The zero-order valence-electron chi connectivity index (χ0n) is 38.2. The summed E-state index contributed by atoms with van der Waals surface area (Å²) in [5, 5.41) is 9.63. The van der Waals surface area contributed by atoms with Crippen molar-refractivity contribution in [3.63, 3.8) is 0 Å². The lowest BCUT2D eigenvalue weighted by Gasteiger charge is -2.31. The molecule has 0 amide bonds. The van der Waals surface area contributed by atoms with Crippen molar-refractivity contribution in [1.82, 2.24) is 0 Å². The van der Waals surface area contributed by atoms with Crippen LogP contribution in [0.5, 0.6) is 0 Å². The number of aliphatic carboxylic acids is 1. The van der Waals surface area contributed by atoms with Crippen molar-refractivity contribution in [1.29, 1.82) is 0 Å². The maximum atomic E-state index is 12.7. The van der Waals surface area contributed by atoms with E-state index in [-0.39, 0.29) is 42.7 Å². The molecule has 0 rings (SSSR count). The van der Waals surface area contributed by atoms with E-state index in [0.29, 0.717) is 19.3 Å². The summed E-state index contributed by atoms with van der Waals surface area (Å²) < 4.78 is 17.2. The van der Waals surface area contributed by atoms with Gasteiger partial charge in [-0.05, 0) is 77.0 Å². The van der Waals surface area contributed by atoms with Crippen molar-refractivity contribution >= 4 is 17.9 Å². The smallest absolute Gasteiger partial charge is 0.362 e. The lowest BCUT2D eigenvalue weighted by atomic mass is 10.1. The Labute approximate surface area is 361 Å². The van der Waals surface area contributed by atoms with Gasteiger partial charge in [-0.2, -0.15) is 0 Å². The third-order valence-electron chi connectivity index (χ3n) is 9.79. The molecule has 0 saturated heterocycles. The summed E-state index contributed by atoms with van der Waals surface area (Å²) in [4.78, 5) is 37.0. The zero-order chi connectivity index (χ0) is 43.5. The number of carbonyl (C=O) groups is 3. The van der Waals surface area contributed by atoms with E-state index in [2.05, 4.69) is 86.8 Å². The van der Waals surface area contributed by atoms with Crippen LogP contribution in [0.25, 0.3) is 0 Å². The van der Waals surface area contributed by atoms with Crippen molar-refractivity contribution in [2.45, 2.75) is 180 Å². The van der Waals surface area contributed by atoms with Gasteiger partial charge in [0.15, 0.2) is 12.1 Å². The van der Waals surface area contributed by atoms with E-state index in [0.717, 1.165) is 70.6 Å². The lowest BCUT2D eigenvalue weighted by molar-refractivity contribution is -0.887. The quantitative estimate of drug-likeness (QED) is 0.0284. The number of ether oxygens (including phenoxy) is 3. The molecule has 0 aromatic heterocycles. The predicted molar refractivity (Wildman–Crippen MR) is 247 cm³/mol. The molecule has 0 heterocycles. The number of quaternary nitrogens is 1. The highest BCUT2D eigenvalue weighted by atomic mass is 16.6. The second-order valence-electron chi connectivity index (χ2n) is 16.3. The van der Waals surface area contributed by atoms with Crippen molar-refractivity contribution in [3.05, 3.63) is 85.1 Å². The molecule has 0 saturated carbocycles. The van der Waals surface area contributed by atoms with Gasteiger partial charge < -0.3 is 23.8 Å². The van der Waals surface area contributed by atoms with Gasteiger partial charge >= 0.3 is 17.9 Å². The highest BCUT2D eigenvalue weighted by Gasteiger charge is 2.31. The summed E-state index contributed by atoms with van der Waals surface area (Å²) in [5.41, 5.74) is 0. The van der Waals surface area contributed by atoms with Crippen LogP contribution in [-0.2, 0) is 28.6 Å². The number of likely N-dealkylation sites (N-methyl/N-ethyl adjacent to an activating group) is 1. The molecule has 0 aliphatic rings. The molecule has 0 spiro atoms. The summed E-state index contributed by atoms with van der Waals surface area (Å²) >= 11 is 0. The number of esters is 2. The van der Waals surface area contributed by atoms with Crippen LogP contribution in [0.3, 0.4) is 0 Å². The van der Waals surface area contributed by atoms with Crippen molar-refractivity contribution in [2.24, 2.45) is 0 Å². The van der Waals surface area contributed by atoms with E-state index < -0.39 is 18.1 Å². The standard InChI is InChI=1S/C51H85NO7/c1-6-8-10-12-14-16-18-20-22-24-25-26-28-29-31-33-35-37-39-41-49(53)58-46-47(45-57-44-43-48(51(55)56)52(3,4)5)59-50(54)42-40-38-36-34-32-30-27-23-21-19-17-15-13-11-9-7-2/h8,10,14,16,20,22-23,25-27,29,31,35,37,47-48H,6-7,9,11-13,15,17-19,21,24,28,30,32-34,36,38-46H2,1-5H3/p+1/b10-8+,16-14+,22-20+,26-25+,27-23+,31-29+,37-35+. The molecule has 336 valence electrons. The first-order valence-electron chi connectivity index (χ1n) is 23.1. The van der Waals surface area contributed by atoms with Gasteiger partial charge in [-0.25, -0.2) is 4.79 Å². The molecule has 0 aromatic carbocycles. The van der Waals surface area contributed by atoms with Gasteiger partial charge in [0.25, 0.3) is 0 Å². The van der Waals surface area contributed by atoms with Crippen LogP contribution in [0.4, 0.5) is 0 Å². The number of hydrogen-bond donors (Lipinski definition) is 1. The Morgan fingerprint density at radius 1 is 0.525 bits per heavy atom. The molecule has 0 radical (unpaired) electrons. The minimum absolute atomic E-state index is 0.0299. The highest BCUT2D eigenvalue weighted by molar-refractivity contribution is 5.72. The van der Waals surface area contributed by atoms with Crippen LogP contribution in [0.15, 0.2) is 85.1 Å². The maximum absolute atomic E-state index is 12.7. The molecule has 59 heavy (non-hydrogen) atoms. The largest absolute Gasteiger partial charge is 0.477 e. The van der Waals surface area contributed by atoms with Crippen molar-refractivity contribution in [3.8, 4) is 0 Å². The van der Waals surface area contributed by atoms with E-state index in [1.54, 1.807) is 0 Å². The topological polar surface area (TPSA) is 99.1 Å². The summed E-state index contributed by atoms with van der Waals surface area (Å²) in [6, 6.07) is -0.631. The Balaban J connectivity index is 4.47. The first-order valence-corrected chi connectivity index (χ1v) is 23.1. The fourth-order valence-corrected chi connectivity index (χ4v) is 6.23. The molecule has 2 unspecified atom stereocenters. The van der Waals surface area contributed by atoms with Gasteiger partial charge in [-0.3, -0.25) is 9.59 Å². The number of rotatable bonds is 40. The minimum atomic E-state index is -0.889. The predicted octanol–water partition coefficient (Wildman–Crippen LogP) is 12.9. The molecule has 0 bridgehead atoms. The molecule has 8 heteroatoms. The van der Waals surface area contributed by atoms with Gasteiger partial charge in [0, 0.05) is 19.3 Å². The third kappa shape index (κ3) is 39.7.